The van der Waals surface area contributed by atoms with E-state index in [1.165, 1.54) is 36.4 Å². The third kappa shape index (κ3) is 2.53. The standard InChI is InChI=1S/C15H9N3O5/c19-14-10-7-8(15(20)21)5-6-11(10)16-13(17-14)9-3-1-2-4-12(9)18(22)23/h1-7H,(H,20,21)(H,16,17,19). The zero-order chi connectivity index (χ0) is 16.6. The maximum Gasteiger partial charge on any atom is 0.335 e. The molecule has 0 saturated heterocycles. The number of H-pyrrole nitrogens is 1. The first-order chi connectivity index (χ1) is 11.0. The molecule has 114 valence electrons. The lowest BCUT2D eigenvalue weighted by molar-refractivity contribution is -0.384. The van der Waals surface area contributed by atoms with Crippen LogP contribution in [0.15, 0.2) is 47.3 Å². The molecule has 1 aromatic heterocycles. The van der Waals surface area contributed by atoms with Crippen LogP contribution in [0.2, 0.25) is 0 Å². The number of aromatic nitrogens is 2. The number of nitro groups is 1. The molecule has 0 radical (unpaired) electrons. The van der Waals surface area contributed by atoms with Gasteiger partial charge < -0.3 is 10.1 Å². The third-order valence-electron chi connectivity index (χ3n) is 3.31. The summed E-state index contributed by atoms with van der Waals surface area (Å²) in [6.07, 6.45) is 0. The van der Waals surface area contributed by atoms with Gasteiger partial charge >= 0.3 is 5.97 Å². The molecular weight excluding hydrogens is 302 g/mol. The van der Waals surface area contributed by atoms with E-state index in [1.54, 1.807) is 6.07 Å². The number of rotatable bonds is 3. The normalized spacial score (nSPS) is 10.6. The van der Waals surface area contributed by atoms with Crippen LogP contribution in [0.25, 0.3) is 22.3 Å². The van der Waals surface area contributed by atoms with Crippen molar-refractivity contribution in [1.29, 1.82) is 0 Å². The number of carbonyl (C=O) groups is 1. The Labute approximate surface area is 128 Å². The van der Waals surface area contributed by atoms with Crippen LogP contribution >= 0.6 is 0 Å². The van der Waals surface area contributed by atoms with E-state index < -0.39 is 16.5 Å². The van der Waals surface area contributed by atoms with Gasteiger partial charge in [-0.15, -0.1) is 0 Å². The van der Waals surface area contributed by atoms with E-state index in [9.17, 15) is 19.7 Å². The highest BCUT2D eigenvalue weighted by molar-refractivity contribution is 5.93. The minimum atomic E-state index is -1.16. The molecule has 0 saturated carbocycles. The Bertz CT molecular complexity index is 1010. The molecule has 0 unspecified atom stereocenters. The van der Waals surface area contributed by atoms with Crippen molar-refractivity contribution in [3.8, 4) is 11.4 Å². The number of aromatic carboxylic acids is 1. The Morgan fingerprint density at radius 2 is 1.96 bits per heavy atom. The molecular formula is C15H9N3O5. The molecule has 0 amide bonds. The van der Waals surface area contributed by atoms with E-state index >= 15 is 0 Å². The smallest absolute Gasteiger partial charge is 0.335 e. The van der Waals surface area contributed by atoms with Gasteiger partial charge in [0.25, 0.3) is 11.2 Å². The van der Waals surface area contributed by atoms with E-state index in [1.807, 2.05) is 0 Å². The van der Waals surface area contributed by atoms with Gasteiger partial charge in [0.15, 0.2) is 0 Å². The lowest BCUT2D eigenvalue weighted by Crippen LogP contribution is -2.11. The van der Waals surface area contributed by atoms with Crippen molar-refractivity contribution in [3.05, 3.63) is 68.5 Å². The van der Waals surface area contributed by atoms with Crippen molar-refractivity contribution in [2.75, 3.05) is 0 Å². The van der Waals surface area contributed by atoms with E-state index in [-0.39, 0.29) is 33.5 Å². The highest BCUT2D eigenvalue weighted by atomic mass is 16.6. The number of hydrogen-bond donors (Lipinski definition) is 2. The van der Waals surface area contributed by atoms with Crippen LogP contribution in [0.1, 0.15) is 10.4 Å². The molecule has 3 rings (SSSR count). The highest BCUT2D eigenvalue weighted by Crippen LogP contribution is 2.26. The molecule has 1 heterocycles. The predicted octanol–water partition coefficient (Wildman–Crippen LogP) is 2.20. The maximum atomic E-state index is 12.2. The van der Waals surface area contributed by atoms with Gasteiger partial charge in [-0.1, -0.05) is 12.1 Å². The number of carboxylic acids is 1. The number of aromatic amines is 1. The quantitative estimate of drug-likeness (QED) is 0.564. The number of nitro benzene ring substituents is 1. The van der Waals surface area contributed by atoms with Crippen molar-refractivity contribution < 1.29 is 14.8 Å². The van der Waals surface area contributed by atoms with Crippen molar-refractivity contribution >= 4 is 22.6 Å². The van der Waals surface area contributed by atoms with Gasteiger partial charge in [0.1, 0.15) is 5.82 Å². The van der Waals surface area contributed by atoms with Crippen LogP contribution in [0.4, 0.5) is 5.69 Å². The molecule has 2 N–H and O–H groups in total. The molecule has 23 heavy (non-hydrogen) atoms. The summed E-state index contributed by atoms with van der Waals surface area (Å²) in [6, 6.07) is 9.83. The zero-order valence-electron chi connectivity index (χ0n) is 11.5. The molecule has 0 spiro atoms. The van der Waals surface area contributed by atoms with Crippen LogP contribution in [0, 0.1) is 10.1 Å². The van der Waals surface area contributed by atoms with Gasteiger partial charge in [-0.2, -0.15) is 0 Å². The maximum absolute atomic E-state index is 12.2. The minimum absolute atomic E-state index is 0.0387. The summed E-state index contributed by atoms with van der Waals surface area (Å²) in [5.41, 5.74) is -0.350. The Hall–Kier alpha value is -3.55. The van der Waals surface area contributed by atoms with E-state index in [2.05, 4.69) is 9.97 Å². The fraction of sp³-hybridized carbons (Fsp3) is 0. The van der Waals surface area contributed by atoms with Gasteiger partial charge in [-0.3, -0.25) is 14.9 Å². The van der Waals surface area contributed by atoms with E-state index in [0.29, 0.717) is 0 Å². The van der Waals surface area contributed by atoms with Gasteiger partial charge in [0.05, 0.1) is 27.0 Å². The van der Waals surface area contributed by atoms with Crippen molar-refractivity contribution in [2.24, 2.45) is 0 Å². The molecule has 0 atom stereocenters. The molecule has 0 aliphatic carbocycles. The number of benzene rings is 2. The SMILES string of the molecule is O=C(O)c1ccc2nc(-c3ccccc3[N+](=O)[O-])[nH]c(=O)c2c1. The van der Waals surface area contributed by atoms with Crippen LogP contribution in [-0.4, -0.2) is 26.0 Å². The Morgan fingerprint density at radius 3 is 2.65 bits per heavy atom. The zero-order valence-corrected chi connectivity index (χ0v) is 11.5. The first-order valence-electron chi connectivity index (χ1n) is 6.48. The van der Waals surface area contributed by atoms with Crippen LogP contribution in [0.5, 0.6) is 0 Å². The largest absolute Gasteiger partial charge is 0.478 e. The van der Waals surface area contributed by atoms with Crippen LogP contribution in [0.3, 0.4) is 0 Å². The van der Waals surface area contributed by atoms with Gasteiger partial charge in [-0.25, -0.2) is 9.78 Å². The van der Waals surface area contributed by atoms with Crippen LogP contribution in [-0.2, 0) is 0 Å². The number of hydrogen-bond acceptors (Lipinski definition) is 5. The molecule has 0 aliphatic heterocycles. The molecule has 2 aromatic carbocycles. The lowest BCUT2D eigenvalue weighted by atomic mass is 10.1. The summed E-state index contributed by atoms with van der Waals surface area (Å²) in [5.74, 6) is -1.10. The monoisotopic (exact) mass is 311 g/mol. The second kappa shape index (κ2) is 5.34. The summed E-state index contributed by atoms with van der Waals surface area (Å²) in [7, 11) is 0. The summed E-state index contributed by atoms with van der Waals surface area (Å²) in [5, 5.41) is 20.1. The Kier molecular flexibility index (Phi) is 3.34. The Balaban J connectivity index is 2.26. The number of para-hydroxylation sites is 1. The fourth-order valence-corrected chi connectivity index (χ4v) is 2.23. The average molecular weight is 311 g/mol. The Morgan fingerprint density at radius 1 is 1.22 bits per heavy atom. The first-order valence-corrected chi connectivity index (χ1v) is 6.48. The average Bonchev–Trinajstić information content (AvgIpc) is 2.54. The summed E-state index contributed by atoms with van der Waals surface area (Å²) in [4.78, 5) is 40.3. The molecule has 0 bridgehead atoms. The highest BCUT2D eigenvalue weighted by Gasteiger charge is 2.17. The molecule has 3 aromatic rings. The summed E-state index contributed by atoms with van der Waals surface area (Å²) >= 11 is 0. The fourth-order valence-electron chi connectivity index (χ4n) is 2.23. The van der Waals surface area contributed by atoms with Gasteiger partial charge in [0.2, 0.25) is 0 Å². The van der Waals surface area contributed by atoms with Gasteiger partial charge in [-0.05, 0) is 24.3 Å². The molecule has 0 aliphatic rings. The van der Waals surface area contributed by atoms with Crippen molar-refractivity contribution in [3.63, 3.8) is 0 Å². The first kappa shape index (κ1) is 14.4. The van der Waals surface area contributed by atoms with E-state index in [4.69, 9.17) is 5.11 Å². The van der Waals surface area contributed by atoms with Gasteiger partial charge in [0, 0.05) is 6.07 Å². The van der Waals surface area contributed by atoms with Crippen LogP contribution < -0.4 is 5.56 Å². The van der Waals surface area contributed by atoms with E-state index in [0.717, 1.165) is 0 Å². The summed E-state index contributed by atoms with van der Waals surface area (Å²) < 4.78 is 0. The molecule has 8 heteroatoms. The van der Waals surface area contributed by atoms with Crippen molar-refractivity contribution in [1.82, 2.24) is 9.97 Å². The minimum Gasteiger partial charge on any atom is -0.478 e. The number of nitrogens with zero attached hydrogens (tertiary/aromatic N) is 2. The molecule has 8 nitrogen and oxygen atoms in total. The predicted molar refractivity (Wildman–Crippen MR) is 81.4 cm³/mol. The third-order valence-corrected chi connectivity index (χ3v) is 3.31. The van der Waals surface area contributed by atoms with Crippen molar-refractivity contribution in [2.45, 2.75) is 0 Å². The molecule has 0 fully saturated rings. The number of fused-ring (bicyclic) bond motifs is 1. The number of nitrogens with one attached hydrogen (secondary N) is 1. The second-order valence-electron chi connectivity index (χ2n) is 4.73. The second-order valence-corrected chi connectivity index (χ2v) is 4.73. The number of carboxylic acid groups (broad SMARTS) is 1. The topological polar surface area (TPSA) is 126 Å². The summed E-state index contributed by atoms with van der Waals surface area (Å²) in [6.45, 7) is 0. The lowest BCUT2D eigenvalue weighted by Gasteiger charge is -2.04.